The molecular weight excluding hydrogens is 464 g/mol. The minimum absolute atomic E-state index is 0.0952. The molecule has 37 heavy (non-hydrogen) atoms. The van der Waals surface area contributed by atoms with Gasteiger partial charge in [-0.1, -0.05) is 6.07 Å². The van der Waals surface area contributed by atoms with Crippen molar-refractivity contribution in [2.45, 2.75) is 45.1 Å². The molecule has 2 N–H and O–H groups in total. The molecule has 5 heterocycles. The first-order valence-electron chi connectivity index (χ1n) is 13.7. The molecule has 0 spiro atoms. The Balaban J connectivity index is 1.16. The molecule has 3 fully saturated rings. The second kappa shape index (κ2) is 11.9. The van der Waals surface area contributed by atoms with Crippen molar-refractivity contribution in [2.75, 3.05) is 45.0 Å². The van der Waals surface area contributed by atoms with Crippen LogP contribution in [0.1, 0.15) is 49.8 Å². The number of carbonyl (C=O) groups excluding carboxylic acids is 2. The van der Waals surface area contributed by atoms with E-state index in [4.69, 9.17) is 5.73 Å². The van der Waals surface area contributed by atoms with E-state index in [0.717, 1.165) is 95.6 Å². The second-order valence-electron chi connectivity index (χ2n) is 10.6. The first-order valence-corrected chi connectivity index (χ1v) is 13.7. The van der Waals surface area contributed by atoms with E-state index in [1.807, 2.05) is 41.3 Å². The number of hydrogen-bond donors (Lipinski definition) is 1. The lowest BCUT2D eigenvalue weighted by Gasteiger charge is -2.38. The monoisotopic (exact) mass is 502 g/mol. The van der Waals surface area contributed by atoms with Crippen LogP contribution in [0.2, 0.25) is 0 Å². The predicted octanol–water partition coefficient (Wildman–Crippen LogP) is 3.22. The Morgan fingerprint density at radius 1 is 0.865 bits per heavy atom. The molecule has 2 aromatic rings. The molecule has 5 rings (SSSR count). The molecule has 3 saturated heterocycles. The molecule has 0 bridgehead atoms. The number of hydrogen-bond acceptors (Lipinski definition) is 6. The van der Waals surface area contributed by atoms with E-state index < -0.39 is 0 Å². The Bertz CT molecular complexity index is 1100. The minimum atomic E-state index is 0.0952. The summed E-state index contributed by atoms with van der Waals surface area (Å²) in [5.74, 6) is 1.27. The highest BCUT2D eigenvalue weighted by Crippen LogP contribution is 2.33. The van der Waals surface area contributed by atoms with E-state index in [0.29, 0.717) is 11.7 Å². The summed E-state index contributed by atoms with van der Waals surface area (Å²) in [5, 5.41) is 0. The van der Waals surface area contributed by atoms with E-state index in [1.54, 1.807) is 12.4 Å². The van der Waals surface area contributed by atoms with Crippen LogP contribution >= 0.6 is 0 Å². The lowest BCUT2D eigenvalue weighted by Crippen LogP contribution is -2.45. The van der Waals surface area contributed by atoms with Crippen LogP contribution in [0.25, 0.3) is 5.57 Å². The van der Waals surface area contributed by atoms with Crippen molar-refractivity contribution in [1.29, 1.82) is 0 Å². The summed E-state index contributed by atoms with van der Waals surface area (Å²) in [4.78, 5) is 41.3. The Morgan fingerprint density at radius 3 is 2.27 bits per heavy atom. The van der Waals surface area contributed by atoms with Crippen molar-refractivity contribution in [3.8, 4) is 0 Å². The normalized spacial score (nSPS) is 20.4. The standard InChI is InChI=1S/C29H38N6O2/c30-27-19-22(6-12-32-27)21-33-15-7-24(8-16-33)29(37)35-17-9-23(10-18-35)25(26-5-1-2-11-31-26)20-28(36)34-13-3-4-14-34/h1-2,5-6,11-12,19-20,23-24H,3-4,7-10,13-18,21H2,(H2,30,32)/b25-20+. The summed E-state index contributed by atoms with van der Waals surface area (Å²) in [6.07, 6.45) is 11.0. The van der Waals surface area contributed by atoms with E-state index in [2.05, 4.69) is 19.8 Å². The average Bonchev–Trinajstić information content (AvgIpc) is 3.48. The Kier molecular flexibility index (Phi) is 8.14. The van der Waals surface area contributed by atoms with Crippen LogP contribution in [0.15, 0.2) is 48.8 Å². The van der Waals surface area contributed by atoms with Crippen molar-refractivity contribution in [3.63, 3.8) is 0 Å². The molecule has 0 atom stereocenters. The van der Waals surface area contributed by atoms with Gasteiger partial charge in [0.2, 0.25) is 11.8 Å². The van der Waals surface area contributed by atoms with Crippen LogP contribution in [0.4, 0.5) is 5.82 Å². The molecule has 8 heteroatoms. The highest BCUT2D eigenvalue weighted by Gasteiger charge is 2.32. The van der Waals surface area contributed by atoms with Gasteiger partial charge >= 0.3 is 0 Å². The highest BCUT2D eigenvalue weighted by molar-refractivity contribution is 5.95. The fourth-order valence-electron chi connectivity index (χ4n) is 5.95. The van der Waals surface area contributed by atoms with Crippen LogP contribution in [-0.4, -0.2) is 75.8 Å². The van der Waals surface area contributed by atoms with Gasteiger partial charge in [-0.25, -0.2) is 4.98 Å². The van der Waals surface area contributed by atoms with Crippen molar-refractivity contribution < 1.29 is 9.59 Å². The summed E-state index contributed by atoms with van der Waals surface area (Å²) in [6, 6.07) is 9.81. The zero-order chi connectivity index (χ0) is 25.6. The number of nitrogens with zero attached hydrogens (tertiary/aromatic N) is 5. The third-order valence-corrected chi connectivity index (χ3v) is 8.09. The number of anilines is 1. The maximum atomic E-state index is 13.4. The van der Waals surface area contributed by atoms with E-state index in [9.17, 15) is 9.59 Å². The number of amides is 2. The lowest BCUT2D eigenvalue weighted by atomic mass is 9.85. The Labute approximate surface area is 219 Å². The quantitative estimate of drug-likeness (QED) is 0.610. The molecule has 196 valence electrons. The number of carbonyl (C=O) groups is 2. The van der Waals surface area contributed by atoms with Gasteiger partial charge in [0.1, 0.15) is 5.82 Å². The van der Waals surface area contributed by atoms with Crippen molar-refractivity contribution in [3.05, 3.63) is 60.1 Å². The van der Waals surface area contributed by atoms with Crippen LogP contribution < -0.4 is 5.73 Å². The number of allylic oxidation sites excluding steroid dienone is 1. The molecule has 3 aliphatic rings. The van der Waals surface area contributed by atoms with E-state index in [1.165, 1.54) is 5.56 Å². The number of rotatable bonds is 6. The summed E-state index contributed by atoms with van der Waals surface area (Å²) >= 11 is 0. The van der Waals surface area contributed by atoms with Crippen molar-refractivity contribution in [2.24, 2.45) is 11.8 Å². The van der Waals surface area contributed by atoms with Gasteiger partial charge in [-0.2, -0.15) is 0 Å². The molecule has 0 aliphatic carbocycles. The highest BCUT2D eigenvalue weighted by atomic mass is 16.2. The fourth-order valence-corrected chi connectivity index (χ4v) is 5.95. The molecule has 0 radical (unpaired) electrons. The van der Waals surface area contributed by atoms with Gasteiger partial charge in [0, 0.05) is 57.1 Å². The van der Waals surface area contributed by atoms with Crippen LogP contribution in [0.5, 0.6) is 0 Å². The van der Waals surface area contributed by atoms with Crippen LogP contribution in [0.3, 0.4) is 0 Å². The zero-order valence-electron chi connectivity index (χ0n) is 21.6. The molecule has 0 saturated carbocycles. The van der Waals surface area contributed by atoms with Gasteiger partial charge in [-0.05, 0) is 92.9 Å². The van der Waals surface area contributed by atoms with Gasteiger partial charge in [-0.15, -0.1) is 0 Å². The van der Waals surface area contributed by atoms with Crippen molar-refractivity contribution >= 4 is 23.2 Å². The molecule has 2 amide bonds. The molecule has 8 nitrogen and oxygen atoms in total. The maximum absolute atomic E-state index is 13.4. The minimum Gasteiger partial charge on any atom is -0.384 e. The lowest BCUT2D eigenvalue weighted by molar-refractivity contribution is -0.138. The Morgan fingerprint density at radius 2 is 1.59 bits per heavy atom. The predicted molar refractivity (Wildman–Crippen MR) is 144 cm³/mol. The van der Waals surface area contributed by atoms with Crippen molar-refractivity contribution in [1.82, 2.24) is 24.7 Å². The number of nitrogen functional groups attached to an aromatic ring is 1. The fraction of sp³-hybridized carbons (Fsp3) is 0.517. The number of aromatic nitrogens is 2. The van der Waals surface area contributed by atoms with Gasteiger partial charge < -0.3 is 15.5 Å². The van der Waals surface area contributed by atoms with Gasteiger partial charge in [-0.3, -0.25) is 19.5 Å². The number of piperidine rings is 2. The summed E-state index contributed by atoms with van der Waals surface area (Å²) < 4.78 is 0. The SMILES string of the molecule is Nc1cc(CN2CCC(C(=O)N3CCC(/C(=C\C(=O)N4CCCC4)c4ccccn4)CC3)CC2)ccn1. The van der Waals surface area contributed by atoms with E-state index in [-0.39, 0.29) is 17.7 Å². The third kappa shape index (κ3) is 6.36. The molecule has 0 aromatic carbocycles. The number of likely N-dealkylation sites (tertiary alicyclic amines) is 3. The van der Waals surface area contributed by atoms with Crippen LogP contribution in [0, 0.1) is 11.8 Å². The second-order valence-corrected chi connectivity index (χ2v) is 10.6. The molecule has 0 unspecified atom stereocenters. The molecule has 2 aromatic heterocycles. The maximum Gasteiger partial charge on any atom is 0.246 e. The van der Waals surface area contributed by atoms with Gasteiger partial charge in [0.25, 0.3) is 0 Å². The topological polar surface area (TPSA) is 95.7 Å². The first kappa shape index (κ1) is 25.4. The van der Waals surface area contributed by atoms with E-state index >= 15 is 0 Å². The average molecular weight is 503 g/mol. The largest absolute Gasteiger partial charge is 0.384 e. The summed E-state index contributed by atoms with van der Waals surface area (Å²) in [7, 11) is 0. The number of pyridine rings is 2. The smallest absolute Gasteiger partial charge is 0.246 e. The first-order chi connectivity index (χ1) is 18.1. The summed E-state index contributed by atoms with van der Waals surface area (Å²) in [5.41, 5.74) is 8.88. The Hall–Kier alpha value is -3.26. The third-order valence-electron chi connectivity index (χ3n) is 8.09. The van der Waals surface area contributed by atoms with Gasteiger partial charge in [0.05, 0.1) is 5.69 Å². The number of nitrogens with two attached hydrogens (primary N) is 1. The van der Waals surface area contributed by atoms with Crippen LogP contribution in [-0.2, 0) is 16.1 Å². The molecule has 3 aliphatic heterocycles. The summed E-state index contributed by atoms with van der Waals surface area (Å²) in [6.45, 7) is 5.84. The zero-order valence-corrected chi connectivity index (χ0v) is 21.6. The molecular formula is C29H38N6O2. The van der Waals surface area contributed by atoms with Gasteiger partial charge in [0.15, 0.2) is 0 Å².